The van der Waals surface area contributed by atoms with E-state index < -0.39 is 0 Å². The molecule has 1 aromatic carbocycles. The summed E-state index contributed by atoms with van der Waals surface area (Å²) in [6.07, 6.45) is 1.87. The number of hydrogen-bond donors (Lipinski definition) is 0. The van der Waals surface area contributed by atoms with Crippen LogP contribution in [0.1, 0.15) is 18.2 Å². The van der Waals surface area contributed by atoms with Crippen LogP contribution in [0.4, 0.5) is 10.2 Å². The van der Waals surface area contributed by atoms with Crippen molar-refractivity contribution in [2.75, 3.05) is 11.4 Å². The number of likely N-dealkylation sites (N-methyl/N-ethyl adjacent to an activating group) is 1. The number of aryl methyl sites for hydroxylation is 1. The van der Waals surface area contributed by atoms with Crippen molar-refractivity contribution in [3.63, 3.8) is 0 Å². The second kappa shape index (κ2) is 7.53. The van der Waals surface area contributed by atoms with Crippen molar-refractivity contribution in [2.24, 2.45) is 0 Å². The van der Waals surface area contributed by atoms with E-state index in [4.69, 9.17) is 0 Å². The highest BCUT2D eigenvalue weighted by Crippen LogP contribution is 2.25. The summed E-state index contributed by atoms with van der Waals surface area (Å²) in [5, 5.41) is 2.55. The van der Waals surface area contributed by atoms with E-state index in [1.54, 1.807) is 17.2 Å². The van der Waals surface area contributed by atoms with Crippen molar-refractivity contribution in [2.45, 2.75) is 20.3 Å². The van der Waals surface area contributed by atoms with Gasteiger partial charge in [-0.2, -0.15) is 0 Å². The average Bonchev–Trinajstić information content (AvgIpc) is 3.06. The first-order valence-electron chi connectivity index (χ1n) is 8.00. The zero-order valence-electron chi connectivity index (χ0n) is 14.1. The molecule has 0 saturated heterocycles. The summed E-state index contributed by atoms with van der Waals surface area (Å²) >= 11 is 1.41. The van der Waals surface area contributed by atoms with Gasteiger partial charge in [-0.1, -0.05) is 18.2 Å². The van der Waals surface area contributed by atoms with E-state index in [1.165, 1.54) is 23.5 Å². The fourth-order valence-corrected chi connectivity index (χ4v) is 3.41. The quantitative estimate of drug-likeness (QED) is 0.687. The molecular weight excluding hydrogens is 337 g/mol. The van der Waals surface area contributed by atoms with Gasteiger partial charge in [0.2, 0.25) is 5.91 Å². The minimum atomic E-state index is -0.298. The molecule has 2 heterocycles. The maximum atomic E-state index is 13.4. The smallest absolute Gasteiger partial charge is 0.234 e. The Hall–Kier alpha value is -2.60. The van der Waals surface area contributed by atoms with Gasteiger partial charge in [0.25, 0.3) is 0 Å². The molecule has 6 heteroatoms. The lowest BCUT2D eigenvalue weighted by Crippen LogP contribution is -2.33. The summed E-state index contributed by atoms with van der Waals surface area (Å²) in [7, 11) is 0. The molecule has 1 amide bonds. The third-order valence-electron chi connectivity index (χ3n) is 3.81. The number of halogens is 1. The van der Waals surface area contributed by atoms with Crippen molar-refractivity contribution >= 4 is 23.1 Å². The molecule has 0 radical (unpaired) electrons. The van der Waals surface area contributed by atoms with Crippen LogP contribution < -0.4 is 4.90 Å². The summed E-state index contributed by atoms with van der Waals surface area (Å²) in [6, 6.07) is 10.1. The number of rotatable bonds is 5. The van der Waals surface area contributed by atoms with Crippen molar-refractivity contribution in [3.8, 4) is 10.6 Å². The van der Waals surface area contributed by atoms with Crippen molar-refractivity contribution < 1.29 is 9.18 Å². The number of amides is 1. The Morgan fingerprint density at radius 3 is 2.84 bits per heavy atom. The average molecular weight is 355 g/mol. The van der Waals surface area contributed by atoms with Crippen LogP contribution in [0.3, 0.4) is 0 Å². The van der Waals surface area contributed by atoms with Gasteiger partial charge in [0, 0.05) is 23.7 Å². The maximum Gasteiger partial charge on any atom is 0.234 e. The SMILES string of the molecule is CCN(C(=O)Cc1csc(-c2cccc(F)c2)n1)c1ncccc1C. The molecule has 0 fully saturated rings. The second-order valence-corrected chi connectivity index (χ2v) is 6.47. The predicted octanol–water partition coefficient (Wildman–Crippen LogP) is 4.25. The highest BCUT2D eigenvalue weighted by molar-refractivity contribution is 7.13. The third kappa shape index (κ3) is 3.91. The number of carbonyl (C=O) groups excluding carboxylic acids is 1. The zero-order chi connectivity index (χ0) is 17.8. The molecule has 0 spiro atoms. The summed E-state index contributed by atoms with van der Waals surface area (Å²) in [6.45, 7) is 4.39. The Morgan fingerprint density at radius 2 is 2.12 bits per heavy atom. The van der Waals surface area contributed by atoms with Gasteiger partial charge in [0.05, 0.1) is 12.1 Å². The molecule has 4 nitrogen and oxygen atoms in total. The summed E-state index contributed by atoms with van der Waals surface area (Å²) < 4.78 is 13.4. The minimum absolute atomic E-state index is 0.0552. The number of benzene rings is 1. The number of pyridine rings is 1. The Balaban J connectivity index is 1.78. The summed E-state index contributed by atoms with van der Waals surface area (Å²) in [5.41, 5.74) is 2.36. The molecule has 128 valence electrons. The molecule has 3 rings (SSSR count). The van der Waals surface area contributed by atoms with Crippen molar-refractivity contribution in [1.82, 2.24) is 9.97 Å². The Morgan fingerprint density at radius 1 is 1.28 bits per heavy atom. The molecule has 0 saturated carbocycles. The highest BCUT2D eigenvalue weighted by atomic mass is 32.1. The lowest BCUT2D eigenvalue weighted by Gasteiger charge is -2.21. The normalized spacial score (nSPS) is 10.7. The van der Waals surface area contributed by atoms with Gasteiger partial charge in [0.1, 0.15) is 16.6 Å². The molecule has 0 bridgehead atoms. The largest absolute Gasteiger partial charge is 0.297 e. The first-order valence-corrected chi connectivity index (χ1v) is 8.88. The van der Waals surface area contributed by atoms with Gasteiger partial charge >= 0.3 is 0 Å². The van der Waals surface area contributed by atoms with Crippen LogP contribution in [-0.4, -0.2) is 22.4 Å². The van der Waals surface area contributed by atoms with Crippen molar-refractivity contribution in [1.29, 1.82) is 0 Å². The Bertz CT molecular complexity index is 894. The van der Waals surface area contributed by atoms with E-state index >= 15 is 0 Å². The van der Waals surface area contributed by atoms with Crippen LogP contribution >= 0.6 is 11.3 Å². The van der Waals surface area contributed by atoms with Crippen LogP contribution in [0.2, 0.25) is 0 Å². The van der Waals surface area contributed by atoms with Crippen LogP contribution in [0.5, 0.6) is 0 Å². The number of thiazole rings is 1. The molecule has 0 unspecified atom stereocenters. The zero-order valence-corrected chi connectivity index (χ0v) is 14.9. The minimum Gasteiger partial charge on any atom is -0.297 e. The molecule has 0 atom stereocenters. The molecule has 0 aliphatic carbocycles. The van der Waals surface area contributed by atoms with Crippen LogP contribution in [0, 0.1) is 12.7 Å². The molecule has 2 aromatic heterocycles. The van der Waals surface area contributed by atoms with Gasteiger partial charge in [-0.3, -0.25) is 9.69 Å². The first-order chi connectivity index (χ1) is 12.1. The number of anilines is 1. The maximum absolute atomic E-state index is 13.4. The van der Waals surface area contributed by atoms with E-state index in [0.717, 1.165) is 11.1 Å². The topological polar surface area (TPSA) is 46.1 Å². The fourth-order valence-electron chi connectivity index (χ4n) is 2.60. The second-order valence-electron chi connectivity index (χ2n) is 5.61. The monoisotopic (exact) mass is 355 g/mol. The molecular formula is C19H18FN3OS. The number of hydrogen-bond acceptors (Lipinski definition) is 4. The van der Waals surface area contributed by atoms with Gasteiger partial charge in [0.15, 0.2) is 0 Å². The Kier molecular flexibility index (Phi) is 5.19. The van der Waals surface area contributed by atoms with E-state index in [1.807, 2.05) is 37.4 Å². The summed E-state index contributed by atoms with van der Waals surface area (Å²) in [4.78, 5) is 23.1. The van der Waals surface area contributed by atoms with Crippen LogP contribution in [0.25, 0.3) is 10.6 Å². The predicted molar refractivity (Wildman–Crippen MR) is 98.2 cm³/mol. The molecule has 0 aliphatic rings. The highest BCUT2D eigenvalue weighted by Gasteiger charge is 2.18. The number of aromatic nitrogens is 2. The molecule has 25 heavy (non-hydrogen) atoms. The fraction of sp³-hybridized carbons (Fsp3) is 0.211. The van der Waals surface area contributed by atoms with Gasteiger partial charge in [-0.25, -0.2) is 14.4 Å². The Labute approximate surface area is 150 Å². The van der Waals surface area contributed by atoms with Gasteiger partial charge in [-0.05, 0) is 37.6 Å². The van der Waals surface area contributed by atoms with Crippen LogP contribution in [0.15, 0.2) is 48.0 Å². The van der Waals surface area contributed by atoms with E-state index in [2.05, 4.69) is 9.97 Å². The van der Waals surface area contributed by atoms with Crippen LogP contribution in [-0.2, 0) is 11.2 Å². The van der Waals surface area contributed by atoms with Gasteiger partial charge in [-0.15, -0.1) is 11.3 Å². The van der Waals surface area contributed by atoms with Crippen molar-refractivity contribution in [3.05, 3.63) is 65.0 Å². The van der Waals surface area contributed by atoms with E-state index in [-0.39, 0.29) is 18.1 Å². The number of carbonyl (C=O) groups is 1. The lowest BCUT2D eigenvalue weighted by molar-refractivity contribution is -0.118. The molecule has 3 aromatic rings. The van der Waals surface area contributed by atoms with E-state index in [0.29, 0.717) is 23.1 Å². The number of nitrogens with zero attached hydrogens (tertiary/aromatic N) is 3. The lowest BCUT2D eigenvalue weighted by atomic mass is 10.2. The summed E-state index contributed by atoms with van der Waals surface area (Å²) in [5.74, 6) is 0.323. The van der Waals surface area contributed by atoms with E-state index in [9.17, 15) is 9.18 Å². The first kappa shape index (κ1) is 17.2. The third-order valence-corrected chi connectivity index (χ3v) is 4.75. The molecule has 0 N–H and O–H groups in total. The van der Waals surface area contributed by atoms with Gasteiger partial charge < -0.3 is 0 Å². The molecule has 0 aliphatic heterocycles. The standard InChI is InChI=1S/C19H18FN3OS/c1-3-23(18-13(2)6-5-9-21-18)17(24)11-16-12-25-19(22-16)14-7-4-8-15(20)10-14/h4-10,12H,3,11H2,1-2H3.